The lowest BCUT2D eigenvalue weighted by molar-refractivity contribution is 0.141. The van der Waals surface area contributed by atoms with Crippen LogP contribution < -0.4 is 15.4 Å². The van der Waals surface area contributed by atoms with Crippen molar-refractivity contribution in [2.75, 3.05) is 13.7 Å². The lowest BCUT2D eigenvalue weighted by Crippen LogP contribution is -2.04. The molecule has 1 aromatic rings. The fourth-order valence-corrected chi connectivity index (χ4v) is 1.51. The summed E-state index contributed by atoms with van der Waals surface area (Å²) in [6.45, 7) is 0.506. The molecule has 0 aliphatic heterocycles. The normalized spacial score (nSPS) is 14.9. The molecular weight excluding hydrogens is 206 g/mol. The maximum absolute atomic E-state index is 5.73. The van der Waals surface area contributed by atoms with E-state index in [1.165, 1.54) is 0 Å². The van der Waals surface area contributed by atoms with Crippen LogP contribution in [0.15, 0.2) is 18.2 Å². The van der Waals surface area contributed by atoms with E-state index in [0.29, 0.717) is 12.7 Å². The SMILES string of the molecule is COc1cc(CCON)ccc1OC1CC1. The smallest absolute Gasteiger partial charge is 0.161 e. The second-order valence-electron chi connectivity index (χ2n) is 3.92. The van der Waals surface area contributed by atoms with Gasteiger partial charge < -0.3 is 14.3 Å². The average Bonchev–Trinajstić information content (AvgIpc) is 3.11. The van der Waals surface area contributed by atoms with Gasteiger partial charge in [0.05, 0.1) is 19.8 Å². The number of methoxy groups -OCH3 is 1. The summed E-state index contributed by atoms with van der Waals surface area (Å²) in [6.07, 6.45) is 3.45. The molecule has 1 aliphatic carbocycles. The lowest BCUT2D eigenvalue weighted by atomic mass is 10.1. The molecule has 0 heterocycles. The largest absolute Gasteiger partial charge is 0.493 e. The molecule has 0 bridgehead atoms. The molecule has 0 spiro atoms. The van der Waals surface area contributed by atoms with Crippen molar-refractivity contribution < 1.29 is 14.3 Å². The minimum absolute atomic E-state index is 0.382. The van der Waals surface area contributed by atoms with Gasteiger partial charge in [0.15, 0.2) is 11.5 Å². The van der Waals surface area contributed by atoms with E-state index >= 15 is 0 Å². The van der Waals surface area contributed by atoms with Gasteiger partial charge in [0.2, 0.25) is 0 Å². The summed E-state index contributed by atoms with van der Waals surface area (Å²) in [7, 11) is 1.65. The zero-order chi connectivity index (χ0) is 11.4. The molecule has 1 aliphatic rings. The van der Waals surface area contributed by atoms with E-state index in [1.807, 2.05) is 18.2 Å². The van der Waals surface area contributed by atoms with E-state index in [2.05, 4.69) is 4.84 Å². The lowest BCUT2D eigenvalue weighted by Gasteiger charge is -2.11. The Morgan fingerprint density at radius 2 is 2.12 bits per heavy atom. The fraction of sp³-hybridized carbons (Fsp3) is 0.500. The summed E-state index contributed by atoms with van der Waals surface area (Å²) in [6, 6.07) is 5.93. The average molecular weight is 223 g/mol. The van der Waals surface area contributed by atoms with E-state index in [9.17, 15) is 0 Å². The third-order valence-corrected chi connectivity index (χ3v) is 2.55. The number of hydrogen-bond donors (Lipinski definition) is 1. The molecule has 2 rings (SSSR count). The summed E-state index contributed by atoms with van der Waals surface area (Å²) in [5.74, 6) is 6.60. The van der Waals surface area contributed by atoms with Crippen molar-refractivity contribution in [3.8, 4) is 11.5 Å². The third-order valence-electron chi connectivity index (χ3n) is 2.55. The number of ether oxygens (including phenoxy) is 2. The highest BCUT2D eigenvalue weighted by molar-refractivity contribution is 5.43. The van der Waals surface area contributed by atoms with Gasteiger partial charge in [-0.05, 0) is 37.0 Å². The van der Waals surface area contributed by atoms with Gasteiger partial charge in [0, 0.05) is 0 Å². The Morgan fingerprint density at radius 3 is 2.75 bits per heavy atom. The van der Waals surface area contributed by atoms with Crippen LogP contribution in [0, 0.1) is 0 Å². The minimum atomic E-state index is 0.382. The predicted octanol–water partition coefficient (Wildman–Crippen LogP) is 1.67. The van der Waals surface area contributed by atoms with Crippen molar-refractivity contribution in [1.82, 2.24) is 0 Å². The van der Waals surface area contributed by atoms with E-state index in [-0.39, 0.29) is 0 Å². The Kier molecular flexibility index (Phi) is 3.64. The van der Waals surface area contributed by atoms with Crippen LogP contribution in [0.25, 0.3) is 0 Å². The Labute approximate surface area is 95.2 Å². The minimum Gasteiger partial charge on any atom is -0.493 e. The van der Waals surface area contributed by atoms with Crippen molar-refractivity contribution in [1.29, 1.82) is 0 Å². The molecule has 0 unspecified atom stereocenters. The van der Waals surface area contributed by atoms with Gasteiger partial charge in [0.25, 0.3) is 0 Å². The standard InChI is InChI=1S/C12H17NO3/c1-14-12-8-9(6-7-15-13)2-5-11(12)16-10-3-4-10/h2,5,8,10H,3-4,6-7,13H2,1H3. The molecular formula is C12H17NO3. The zero-order valence-corrected chi connectivity index (χ0v) is 9.44. The predicted molar refractivity (Wildman–Crippen MR) is 60.5 cm³/mol. The van der Waals surface area contributed by atoms with Crippen molar-refractivity contribution >= 4 is 0 Å². The number of rotatable bonds is 6. The Hall–Kier alpha value is -1.26. The molecule has 0 amide bonds. The van der Waals surface area contributed by atoms with Crippen LogP contribution in [0.5, 0.6) is 11.5 Å². The van der Waals surface area contributed by atoms with Gasteiger partial charge in [-0.15, -0.1) is 0 Å². The molecule has 1 fully saturated rings. The van der Waals surface area contributed by atoms with Gasteiger partial charge in [-0.2, -0.15) is 0 Å². The highest BCUT2D eigenvalue weighted by atomic mass is 16.6. The summed E-state index contributed by atoms with van der Waals surface area (Å²) >= 11 is 0. The summed E-state index contributed by atoms with van der Waals surface area (Å²) < 4.78 is 11.0. The topological polar surface area (TPSA) is 53.7 Å². The first-order valence-corrected chi connectivity index (χ1v) is 5.48. The number of hydrogen-bond acceptors (Lipinski definition) is 4. The van der Waals surface area contributed by atoms with Crippen LogP contribution in [0.3, 0.4) is 0 Å². The van der Waals surface area contributed by atoms with Crippen molar-refractivity contribution in [3.05, 3.63) is 23.8 Å². The summed E-state index contributed by atoms with van der Waals surface area (Å²) in [4.78, 5) is 4.55. The molecule has 0 saturated heterocycles. The van der Waals surface area contributed by atoms with Gasteiger partial charge in [-0.3, -0.25) is 0 Å². The van der Waals surface area contributed by atoms with Gasteiger partial charge in [-0.25, -0.2) is 5.90 Å². The molecule has 0 aromatic heterocycles. The Morgan fingerprint density at radius 1 is 1.31 bits per heavy atom. The first-order chi connectivity index (χ1) is 7.83. The maximum atomic E-state index is 5.73. The van der Waals surface area contributed by atoms with Gasteiger partial charge in [0.1, 0.15) is 0 Å². The molecule has 88 valence electrons. The highest BCUT2D eigenvalue weighted by Crippen LogP contribution is 2.34. The molecule has 1 aromatic carbocycles. The Balaban J connectivity index is 2.06. The molecule has 4 nitrogen and oxygen atoms in total. The van der Waals surface area contributed by atoms with Crippen LogP contribution in [-0.2, 0) is 11.3 Å². The molecule has 2 N–H and O–H groups in total. The van der Waals surface area contributed by atoms with Crippen LogP contribution in [0.1, 0.15) is 18.4 Å². The van der Waals surface area contributed by atoms with Gasteiger partial charge in [-0.1, -0.05) is 6.07 Å². The monoisotopic (exact) mass is 223 g/mol. The quantitative estimate of drug-likeness (QED) is 0.745. The van der Waals surface area contributed by atoms with Crippen molar-refractivity contribution in [2.45, 2.75) is 25.4 Å². The maximum Gasteiger partial charge on any atom is 0.161 e. The second-order valence-corrected chi connectivity index (χ2v) is 3.92. The van der Waals surface area contributed by atoms with Gasteiger partial charge >= 0.3 is 0 Å². The molecule has 4 heteroatoms. The van der Waals surface area contributed by atoms with Crippen LogP contribution >= 0.6 is 0 Å². The highest BCUT2D eigenvalue weighted by Gasteiger charge is 2.24. The second kappa shape index (κ2) is 5.18. The third kappa shape index (κ3) is 2.87. The molecule has 1 saturated carbocycles. The fourth-order valence-electron chi connectivity index (χ4n) is 1.51. The van der Waals surface area contributed by atoms with Crippen molar-refractivity contribution in [2.24, 2.45) is 5.90 Å². The van der Waals surface area contributed by atoms with Crippen molar-refractivity contribution in [3.63, 3.8) is 0 Å². The molecule has 16 heavy (non-hydrogen) atoms. The molecule has 0 radical (unpaired) electrons. The van der Waals surface area contributed by atoms with E-state index in [1.54, 1.807) is 7.11 Å². The van der Waals surface area contributed by atoms with Crippen LogP contribution in [0.2, 0.25) is 0 Å². The van der Waals surface area contributed by atoms with Crippen LogP contribution in [0.4, 0.5) is 0 Å². The first kappa shape index (κ1) is 11.2. The van der Waals surface area contributed by atoms with E-state index in [0.717, 1.165) is 36.3 Å². The van der Waals surface area contributed by atoms with E-state index < -0.39 is 0 Å². The summed E-state index contributed by atoms with van der Waals surface area (Å²) in [5.41, 5.74) is 1.13. The summed E-state index contributed by atoms with van der Waals surface area (Å²) in [5, 5.41) is 0. The van der Waals surface area contributed by atoms with E-state index in [4.69, 9.17) is 15.4 Å². The Bertz CT molecular complexity index is 350. The molecule has 0 atom stereocenters. The number of benzene rings is 1. The number of nitrogens with two attached hydrogens (primary N) is 1. The zero-order valence-electron chi connectivity index (χ0n) is 9.44. The van der Waals surface area contributed by atoms with Crippen LogP contribution in [-0.4, -0.2) is 19.8 Å². The first-order valence-electron chi connectivity index (χ1n) is 5.48.